The molecule has 0 aliphatic carbocycles. The molecule has 0 unspecified atom stereocenters. The zero-order valence-corrected chi connectivity index (χ0v) is 12.7. The molecule has 2 rings (SSSR count). The van der Waals surface area contributed by atoms with Crippen molar-refractivity contribution in [1.82, 2.24) is 4.90 Å². The van der Waals surface area contributed by atoms with Gasteiger partial charge in [-0.05, 0) is 38.5 Å². The minimum Gasteiger partial charge on any atom is -0.389 e. The van der Waals surface area contributed by atoms with Crippen LogP contribution in [0.3, 0.4) is 0 Å². The highest BCUT2D eigenvalue weighted by molar-refractivity contribution is 5.48. The second-order valence-electron chi connectivity index (χ2n) is 6.34. The van der Waals surface area contributed by atoms with E-state index < -0.39 is 11.7 Å². The largest absolute Gasteiger partial charge is 0.389 e. The van der Waals surface area contributed by atoms with Crippen LogP contribution in [0.2, 0.25) is 0 Å². The Labute approximate surface area is 121 Å². The fraction of sp³-hybridized carbons (Fsp3) is 0.625. The first-order valence-corrected chi connectivity index (χ1v) is 7.33. The molecular formula is C16H26N2O2. The lowest BCUT2D eigenvalue weighted by Gasteiger charge is -2.38. The third-order valence-electron chi connectivity index (χ3n) is 3.72. The lowest BCUT2D eigenvalue weighted by Crippen LogP contribution is -2.50. The van der Waals surface area contributed by atoms with Gasteiger partial charge in [-0.15, -0.1) is 0 Å². The molecule has 1 atom stereocenters. The molecule has 1 saturated heterocycles. The zero-order valence-electron chi connectivity index (χ0n) is 12.7. The van der Waals surface area contributed by atoms with Crippen LogP contribution >= 0.6 is 0 Å². The van der Waals surface area contributed by atoms with E-state index in [9.17, 15) is 10.2 Å². The van der Waals surface area contributed by atoms with E-state index in [1.54, 1.807) is 6.92 Å². The molecule has 1 heterocycles. The van der Waals surface area contributed by atoms with Gasteiger partial charge in [-0.1, -0.05) is 12.1 Å². The van der Waals surface area contributed by atoms with E-state index in [2.05, 4.69) is 21.9 Å². The van der Waals surface area contributed by atoms with Crippen molar-refractivity contribution in [3.8, 4) is 0 Å². The first-order valence-electron chi connectivity index (χ1n) is 7.33. The number of anilines is 1. The summed E-state index contributed by atoms with van der Waals surface area (Å²) in [4.78, 5) is 4.66. The zero-order chi connectivity index (χ0) is 14.8. The van der Waals surface area contributed by atoms with Gasteiger partial charge in [0.05, 0.1) is 11.7 Å². The number of aliphatic hydroxyl groups is 2. The molecule has 20 heavy (non-hydrogen) atoms. The fourth-order valence-electron chi connectivity index (χ4n) is 2.68. The molecule has 0 spiro atoms. The second-order valence-corrected chi connectivity index (χ2v) is 6.34. The number of hydrogen-bond acceptors (Lipinski definition) is 4. The van der Waals surface area contributed by atoms with Crippen molar-refractivity contribution in [2.75, 3.05) is 37.6 Å². The highest BCUT2D eigenvalue weighted by Gasteiger charge is 2.22. The summed E-state index contributed by atoms with van der Waals surface area (Å²) in [6.07, 6.45) is -0.410. The number of piperazine rings is 1. The Morgan fingerprint density at radius 1 is 1.10 bits per heavy atom. The van der Waals surface area contributed by atoms with Crippen LogP contribution in [0.25, 0.3) is 0 Å². The average Bonchev–Trinajstić information content (AvgIpc) is 2.38. The maximum atomic E-state index is 9.86. The van der Waals surface area contributed by atoms with E-state index in [0.29, 0.717) is 0 Å². The van der Waals surface area contributed by atoms with Gasteiger partial charge in [-0.2, -0.15) is 0 Å². The van der Waals surface area contributed by atoms with Gasteiger partial charge in [0.1, 0.15) is 0 Å². The number of hydrogen-bond donors (Lipinski definition) is 2. The van der Waals surface area contributed by atoms with E-state index in [0.717, 1.165) is 38.3 Å². The minimum absolute atomic E-state index is 0.410. The van der Waals surface area contributed by atoms with Crippen LogP contribution in [0.1, 0.15) is 32.4 Å². The molecule has 0 radical (unpaired) electrons. The summed E-state index contributed by atoms with van der Waals surface area (Å²) in [7, 11) is 0. The molecule has 1 aromatic rings. The SMILES string of the molecule is C[C@H](O)c1ccc(N2CCN(CC(C)(C)O)CC2)cc1. The Morgan fingerprint density at radius 3 is 2.10 bits per heavy atom. The van der Waals surface area contributed by atoms with Crippen molar-refractivity contribution in [1.29, 1.82) is 0 Å². The fourth-order valence-corrected chi connectivity index (χ4v) is 2.68. The van der Waals surface area contributed by atoms with E-state index in [4.69, 9.17) is 0 Å². The number of β-amino-alcohol motifs (C(OH)–C–C–N with tert-alkyl or cyclic N) is 1. The molecule has 1 fully saturated rings. The maximum Gasteiger partial charge on any atom is 0.0761 e. The van der Waals surface area contributed by atoms with Crippen molar-refractivity contribution in [3.63, 3.8) is 0 Å². The smallest absolute Gasteiger partial charge is 0.0761 e. The summed E-state index contributed by atoms with van der Waals surface area (Å²) in [5, 5.41) is 19.4. The van der Waals surface area contributed by atoms with E-state index in [-0.39, 0.29) is 0 Å². The third kappa shape index (κ3) is 4.20. The summed E-state index contributed by atoms with van der Waals surface area (Å²) in [6.45, 7) is 10.1. The monoisotopic (exact) mass is 278 g/mol. The van der Waals surface area contributed by atoms with Crippen LogP contribution in [-0.2, 0) is 0 Å². The second kappa shape index (κ2) is 6.12. The van der Waals surface area contributed by atoms with Gasteiger partial charge in [-0.3, -0.25) is 4.90 Å². The Hall–Kier alpha value is -1.10. The Bertz CT molecular complexity index is 415. The minimum atomic E-state index is -0.624. The summed E-state index contributed by atoms with van der Waals surface area (Å²) in [5.41, 5.74) is 1.54. The quantitative estimate of drug-likeness (QED) is 0.879. The van der Waals surface area contributed by atoms with Gasteiger partial charge in [0.15, 0.2) is 0 Å². The molecule has 0 bridgehead atoms. The highest BCUT2D eigenvalue weighted by atomic mass is 16.3. The van der Waals surface area contributed by atoms with Crippen molar-refractivity contribution < 1.29 is 10.2 Å². The van der Waals surface area contributed by atoms with Gasteiger partial charge in [-0.25, -0.2) is 0 Å². The molecule has 2 N–H and O–H groups in total. The predicted molar refractivity (Wildman–Crippen MR) is 82.0 cm³/mol. The summed E-state index contributed by atoms with van der Waals surface area (Å²) in [6, 6.07) is 8.13. The van der Waals surface area contributed by atoms with E-state index >= 15 is 0 Å². The van der Waals surface area contributed by atoms with E-state index in [1.807, 2.05) is 26.0 Å². The van der Waals surface area contributed by atoms with Crippen molar-refractivity contribution in [2.24, 2.45) is 0 Å². The van der Waals surface area contributed by atoms with Crippen molar-refractivity contribution >= 4 is 5.69 Å². The van der Waals surface area contributed by atoms with E-state index in [1.165, 1.54) is 5.69 Å². The van der Waals surface area contributed by atoms with Crippen LogP contribution in [0.15, 0.2) is 24.3 Å². The molecule has 1 aliphatic heterocycles. The Kier molecular flexibility index (Phi) is 4.68. The van der Waals surface area contributed by atoms with Gasteiger partial charge >= 0.3 is 0 Å². The van der Waals surface area contributed by atoms with Crippen molar-refractivity contribution in [3.05, 3.63) is 29.8 Å². The average molecular weight is 278 g/mol. The lowest BCUT2D eigenvalue weighted by atomic mass is 10.1. The van der Waals surface area contributed by atoms with Gasteiger partial charge < -0.3 is 15.1 Å². The molecule has 1 aromatic carbocycles. The van der Waals surface area contributed by atoms with Crippen molar-refractivity contribution in [2.45, 2.75) is 32.5 Å². The maximum absolute atomic E-state index is 9.86. The molecule has 1 aliphatic rings. The van der Waals surface area contributed by atoms with Crippen LogP contribution in [0.4, 0.5) is 5.69 Å². The van der Waals surface area contributed by atoms with Gasteiger partial charge in [0.2, 0.25) is 0 Å². The predicted octanol–water partition coefficient (Wildman–Crippen LogP) is 1.63. The molecular weight excluding hydrogens is 252 g/mol. The molecule has 0 amide bonds. The van der Waals surface area contributed by atoms with Gasteiger partial charge in [0.25, 0.3) is 0 Å². The van der Waals surface area contributed by atoms with Gasteiger partial charge in [0, 0.05) is 38.4 Å². The first-order chi connectivity index (χ1) is 9.35. The Balaban J connectivity index is 1.90. The molecule has 112 valence electrons. The summed E-state index contributed by atoms with van der Waals surface area (Å²) in [5.74, 6) is 0. The number of nitrogens with zero attached hydrogens (tertiary/aromatic N) is 2. The number of aliphatic hydroxyl groups excluding tert-OH is 1. The molecule has 0 saturated carbocycles. The standard InChI is InChI=1S/C16H26N2O2/c1-13(19)14-4-6-15(7-5-14)18-10-8-17(9-11-18)12-16(2,3)20/h4-7,13,19-20H,8-12H2,1-3H3/t13-/m0/s1. The summed E-state index contributed by atoms with van der Waals surface area (Å²) < 4.78 is 0. The van der Waals surface area contributed by atoms with Crippen LogP contribution in [-0.4, -0.2) is 53.4 Å². The highest BCUT2D eigenvalue weighted by Crippen LogP contribution is 2.20. The molecule has 4 heteroatoms. The first kappa shape index (κ1) is 15.3. The van der Waals surface area contributed by atoms with Crippen LogP contribution < -0.4 is 4.90 Å². The molecule has 0 aromatic heterocycles. The Morgan fingerprint density at radius 2 is 1.65 bits per heavy atom. The third-order valence-corrected chi connectivity index (χ3v) is 3.72. The van der Waals surface area contributed by atoms with Crippen LogP contribution in [0, 0.1) is 0 Å². The normalized spacial score (nSPS) is 19.1. The lowest BCUT2D eigenvalue weighted by molar-refractivity contribution is 0.0345. The number of rotatable bonds is 4. The molecule has 4 nitrogen and oxygen atoms in total. The number of benzene rings is 1. The van der Waals surface area contributed by atoms with Crippen LogP contribution in [0.5, 0.6) is 0 Å². The topological polar surface area (TPSA) is 46.9 Å². The summed E-state index contributed by atoms with van der Waals surface area (Å²) >= 11 is 0.